The van der Waals surface area contributed by atoms with Gasteiger partial charge in [0.05, 0.1) is 0 Å². The van der Waals surface area contributed by atoms with Crippen molar-refractivity contribution in [2.24, 2.45) is 40.4 Å². The summed E-state index contributed by atoms with van der Waals surface area (Å²) in [6, 6.07) is 0. The third kappa shape index (κ3) is 2.86. The van der Waals surface area contributed by atoms with Crippen molar-refractivity contribution < 1.29 is 23.8 Å². The van der Waals surface area contributed by atoms with Crippen LogP contribution in [0.2, 0.25) is 0 Å². The number of carbonyl (C=O) groups excluding carboxylic acids is 2. The Hall–Kier alpha value is -0.970. The van der Waals surface area contributed by atoms with Gasteiger partial charge in [0, 0.05) is 18.3 Å². The van der Waals surface area contributed by atoms with Crippen LogP contribution in [0.25, 0.3) is 0 Å². The number of hydrogen-bond donors (Lipinski definition) is 1. The molecule has 0 aromatic rings. The molecule has 4 fully saturated rings. The molecule has 0 aromatic heterocycles. The standard InChI is InChI=1S/C23H35FO4/c1-13(26)28-15-8-9-22(2)14(10-15)4-5-16-17-6-7-18(20(27)12-25)23(17,3)21(24)11-19(16)22/h14-19,21,25H,4-12H2,1-3H3/t14-,15-,16+,17+,18-,19+,21+,22+,23+/m1/s1. The predicted octanol–water partition coefficient (Wildman–Crippen LogP) is 4.09. The fourth-order valence-electron chi connectivity index (χ4n) is 8.12. The molecular weight excluding hydrogens is 359 g/mol. The maximum atomic E-state index is 15.7. The van der Waals surface area contributed by atoms with Crippen molar-refractivity contribution in [1.29, 1.82) is 0 Å². The third-order valence-electron chi connectivity index (χ3n) is 9.54. The predicted molar refractivity (Wildman–Crippen MR) is 103 cm³/mol. The number of rotatable bonds is 3. The highest BCUT2D eigenvalue weighted by Gasteiger charge is 2.64. The molecule has 4 aliphatic carbocycles. The van der Waals surface area contributed by atoms with E-state index in [1.54, 1.807) is 0 Å². The van der Waals surface area contributed by atoms with E-state index in [0.29, 0.717) is 24.2 Å². The molecule has 0 aromatic carbocycles. The van der Waals surface area contributed by atoms with Crippen LogP contribution < -0.4 is 0 Å². The van der Waals surface area contributed by atoms with Crippen molar-refractivity contribution >= 4 is 11.8 Å². The van der Waals surface area contributed by atoms with Gasteiger partial charge >= 0.3 is 5.97 Å². The van der Waals surface area contributed by atoms with Gasteiger partial charge in [-0.1, -0.05) is 13.8 Å². The first-order valence-electron chi connectivity index (χ1n) is 11.2. The summed E-state index contributed by atoms with van der Waals surface area (Å²) in [5.74, 6) is 0.840. The maximum absolute atomic E-state index is 15.7. The van der Waals surface area contributed by atoms with E-state index in [0.717, 1.165) is 44.9 Å². The van der Waals surface area contributed by atoms with E-state index in [2.05, 4.69) is 6.92 Å². The lowest BCUT2D eigenvalue weighted by Gasteiger charge is -2.61. The van der Waals surface area contributed by atoms with Crippen LogP contribution in [0.1, 0.15) is 72.1 Å². The Morgan fingerprint density at radius 2 is 1.82 bits per heavy atom. The molecule has 0 bridgehead atoms. The Labute approximate surface area is 167 Å². The van der Waals surface area contributed by atoms with Gasteiger partial charge in [-0.2, -0.15) is 0 Å². The smallest absolute Gasteiger partial charge is 0.302 e. The molecule has 4 rings (SSSR count). The van der Waals surface area contributed by atoms with Crippen molar-refractivity contribution in [1.82, 2.24) is 0 Å². The van der Waals surface area contributed by atoms with Gasteiger partial charge < -0.3 is 9.84 Å². The summed E-state index contributed by atoms with van der Waals surface area (Å²) < 4.78 is 21.2. The minimum atomic E-state index is -0.983. The molecule has 0 unspecified atom stereocenters. The van der Waals surface area contributed by atoms with E-state index in [9.17, 15) is 14.7 Å². The van der Waals surface area contributed by atoms with E-state index >= 15 is 4.39 Å². The quantitative estimate of drug-likeness (QED) is 0.733. The molecule has 5 heteroatoms. The molecule has 0 saturated heterocycles. The molecule has 0 spiro atoms. The molecule has 4 saturated carbocycles. The third-order valence-corrected chi connectivity index (χ3v) is 9.54. The molecule has 4 aliphatic rings. The Balaban J connectivity index is 1.57. The highest BCUT2D eigenvalue weighted by molar-refractivity contribution is 5.83. The zero-order chi connectivity index (χ0) is 20.3. The van der Waals surface area contributed by atoms with E-state index < -0.39 is 18.2 Å². The molecule has 0 amide bonds. The zero-order valence-corrected chi connectivity index (χ0v) is 17.5. The van der Waals surface area contributed by atoms with Crippen LogP contribution >= 0.6 is 0 Å². The first-order valence-corrected chi connectivity index (χ1v) is 11.2. The molecule has 0 heterocycles. The summed E-state index contributed by atoms with van der Waals surface area (Å²) in [5.41, 5.74) is -0.510. The molecule has 9 atom stereocenters. The van der Waals surface area contributed by atoms with Crippen LogP contribution in [0.5, 0.6) is 0 Å². The second kappa shape index (κ2) is 7.07. The van der Waals surface area contributed by atoms with Gasteiger partial charge in [-0.3, -0.25) is 9.59 Å². The fourth-order valence-corrected chi connectivity index (χ4v) is 8.12. The lowest BCUT2D eigenvalue weighted by atomic mass is 9.44. The molecular formula is C23H35FO4. The average molecular weight is 395 g/mol. The van der Waals surface area contributed by atoms with E-state index in [4.69, 9.17) is 4.74 Å². The van der Waals surface area contributed by atoms with Gasteiger partial charge in [0.1, 0.15) is 18.9 Å². The van der Waals surface area contributed by atoms with E-state index in [-0.39, 0.29) is 35.1 Å². The number of fused-ring (bicyclic) bond motifs is 5. The second-order valence-corrected chi connectivity index (χ2v) is 10.5. The average Bonchev–Trinajstić information content (AvgIpc) is 3.01. The number of alkyl halides is 1. The summed E-state index contributed by atoms with van der Waals surface area (Å²) in [6.07, 6.45) is 6.17. The van der Waals surface area contributed by atoms with Gasteiger partial charge in [0.25, 0.3) is 0 Å². The fraction of sp³-hybridized carbons (Fsp3) is 0.913. The molecule has 0 aliphatic heterocycles. The first kappa shape index (κ1) is 20.3. The van der Waals surface area contributed by atoms with Crippen LogP contribution in [0.15, 0.2) is 0 Å². The van der Waals surface area contributed by atoms with Crippen molar-refractivity contribution in [2.45, 2.75) is 84.4 Å². The van der Waals surface area contributed by atoms with Gasteiger partial charge in [-0.15, -0.1) is 0 Å². The number of ketones is 1. The number of ether oxygens (including phenoxy) is 1. The largest absolute Gasteiger partial charge is 0.463 e. The normalized spacial score (nSPS) is 50.2. The summed E-state index contributed by atoms with van der Waals surface area (Å²) in [5, 5.41) is 9.39. The van der Waals surface area contributed by atoms with Gasteiger partial charge in [-0.05, 0) is 80.5 Å². The minimum absolute atomic E-state index is 0.0141. The Kier molecular flexibility index (Phi) is 5.13. The second-order valence-electron chi connectivity index (χ2n) is 10.5. The van der Waals surface area contributed by atoms with Crippen LogP contribution in [-0.4, -0.2) is 35.7 Å². The van der Waals surface area contributed by atoms with Gasteiger partial charge in [0.2, 0.25) is 0 Å². The number of hydrogen-bond acceptors (Lipinski definition) is 4. The molecule has 28 heavy (non-hydrogen) atoms. The summed E-state index contributed by atoms with van der Waals surface area (Å²) in [7, 11) is 0. The highest BCUT2D eigenvalue weighted by Crippen LogP contribution is 2.68. The number of Topliss-reactive ketones (excluding diaryl/α,β-unsaturated/α-hetero) is 1. The maximum Gasteiger partial charge on any atom is 0.302 e. The van der Waals surface area contributed by atoms with E-state index in [1.165, 1.54) is 6.92 Å². The molecule has 4 nitrogen and oxygen atoms in total. The number of carbonyl (C=O) groups is 2. The topological polar surface area (TPSA) is 63.6 Å². The van der Waals surface area contributed by atoms with Crippen molar-refractivity contribution in [2.75, 3.05) is 6.61 Å². The van der Waals surface area contributed by atoms with Crippen LogP contribution in [0.3, 0.4) is 0 Å². The number of esters is 1. The number of halogens is 1. The first-order chi connectivity index (χ1) is 13.2. The molecule has 0 radical (unpaired) electrons. The Morgan fingerprint density at radius 1 is 1.07 bits per heavy atom. The minimum Gasteiger partial charge on any atom is -0.463 e. The Morgan fingerprint density at radius 3 is 2.50 bits per heavy atom. The number of aliphatic hydroxyl groups excluding tert-OH is 1. The Bertz CT molecular complexity index is 651. The zero-order valence-electron chi connectivity index (χ0n) is 17.5. The van der Waals surface area contributed by atoms with Crippen LogP contribution in [0, 0.1) is 40.4 Å². The summed E-state index contributed by atoms with van der Waals surface area (Å²) in [6.45, 7) is 5.34. The van der Waals surface area contributed by atoms with Crippen molar-refractivity contribution in [3.05, 3.63) is 0 Å². The lowest BCUT2D eigenvalue weighted by molar-refractivity contribution is -0.170. The highest BCUT2D eigenvalue weighted by atomic mass is 19.1. The lowest BCUT2D eigenvalue weighted by Crippen LogP contribution is -2.58. The SMILES string of the molecule is CC(=O)O[C@@H]1CC[C@@]2(C)[C@H](CC[C@@H]3[C@@H]2C[C@H](F)[C@]2(C)[C@@H](C(=O)CO)CC[C@@H]32)C1. The monoisotopic (exact) mass is 394 g/mol. The van der Waals surface area contributed by atoms with E-state index in [1.807, 2.05) is 6.92 Å². The van der Waals surface area contributed by atoms with Gasteiger partial charge in [-0.25, -0.2) is 4.39 Å². The van der Waals surface area contributed by atoms with Crippen LogP contribution in [-0.2, 0) is 14.3 Å². The van der Waals surface area contributed by atoms with Crippen LogP contribution in [0.4, 0.5) is 4.39 Å². The molecule has 1 N–H and O–H groups in total. The van der Waals surface area contributed by atoms with Gasteiger partial charge in [0.15, 0.2) is 5.78 Å². The summed E-state index contributed by atoms with van der Waals surface area (Å²) in [4.78, 5) is 23.7. The van der Waals surface area contributed by atoms with Crippen molar-refractivity contribution in [3.8, 4) is 0 Å². The number of aliphatic hydroxyl groups is 1. The molecule has 158 valence electrons. The summed E-state index contributed by atoms with van der Waals surface area (Å²) >= 11 is 0. The van der Waals surface area contributed by atoms with Crippen molar-refractivity contribution in [3.63, 3.8) is 0 Å².